The number of aliphatic imine (C=N–C) groups is 1. The molecule has 0 bridgehead atoms. The highest BCUT2D eigenvalue weighted by molar-refractivity contribution is 8.38. The van der Waals surface area contributed by atoms with Crippen molar-refractivity contribution in [3.8, 4) is 0 Å². The molecule has 0 saturated heterocycles. The van der Waals surface area contributed by atoms with Crippen molar-refractivity contribution in [2.45, 2.75) is 12.3 Å². The number of methoxy groups -OCH3 is 1. The first-order valence-corrected chi connectivity index (χ1v) is 11.5. The van der Waals surface area contributed by atoms with Crippen LogP contribution in [0.4, 0.5) is 0 Å². The Labute approximate surface area is 189 Å². The monoisotopic (exact) mass is 458 g/mol. The molecule has 0 radical (unpaired) electrons. The largest absolute Gasteiger partial charge is 0.465 e. The van der Waals surface area contributed by atoms with Gasteiger partial charge in [0.25, 0.3) is 5.91 Å². The predicted molar refractivity (Wildman–Crippen MR) is 122 cm³/mol. The van der Waals surface area contributed by atoms with Crippen molar-refractivity contribution < 1.29 is 23.9 Å². The van der Waals surface area contributed by atoms with Gasteiger partial charge < -0.3 is 14.8 Å². The Hall–Kier alpha value is -2.78. The van der Waals surface area contributed by atoms with Crippen LogP contribution in [0.1, 0.15) is 31.8 Å². The van der Waals surface area contributed by atoms with Crippen LogP contribution in [0.25, 0.3) is 0 Å². The van der Waals surface area contributed by atoms with Crippen molar-refractivity contribution in [3.05, 3.63) is 70.8 Å². The quantitative estimate of drug-likeness (QED) is 0.607. The molecule has 0 atom stereocenters. The second kappa shape index (κ2) is 11.6. The summed E-state index contributed by atoms with van der Waals surface area (Å²) in [5.41, 5.74) is 2.54. The first-order valence-electron chi connectivity index (χ1n) is 9.56. The maximum absolute atomic E-state index is 12.5. The zero-order valence-electron chi connectivity index (χ0n) is 17.0. The zero-order chi connectivity index (χ0) is 22.1. The Morgan fingerprint density at radius 1 is 1.10 bits per heavy atom. The number of nitrogens with zero attached hydrogens (tertiary/aromatic N) is 1. The molecule has 1 amide bonds. The maximum Gasteiger partial charge on any atom is 0.338 e. The number of ether oxygens (including phenoxy) is 2. The lowest BCUT2D eigenvalue weighted by Crippen LogP contribution is -2.28. The molecule has 31 heavy (non-hydrogen) atoms. The Morgan fingerprint density at radius 3 is 2.58 bits per heavy atom. The maximum atomic E-state index is 12.5. The highest BCUT2D eigenvalue weighted by Crippen LogP contribution is 2.26. The van der Waals surface area contributed by atoms with Crippen molar-refractivity contribution >= 4 is 45.7 Å². The van der Waals surface area contributed by atoms with E-state index in [0.717, 1.165) is 27.8 Å². The highest BCUT2D eigenvalue weighted by atomic mass is 32.2. The standard InChI is InChI=1S/C22H22N2O5S2/c1-28-20(26)16-8-6-15(7-9-16)12-24-19(25)13-29-21(27)18-5-3-2-4-17(18)14-31-22-23-10-11-30-22/h2-9H,10-14H2,1H3,(H,24,25). The number of rotatable bonds is 8. The van der Waals surface area contributed by atoms with Gasteiger partial charge in [0.15, 0.2) is 6.61 Å². The molecule has 0 saturated carbocycles. The lowest BCUT2D eigenvalue weighted by molar-refractivity contribution is -0.124. The Kier molecular flexibility index (Phi) is 8.54. The van der Waals surface area contributed by atoms with E-state index in [1.165, 1.54) is 7.11 Å². The van der Waals surface area contributed by atoms with E-state index in [1.807, 2.05) is 12.1 Å². The van der Waals surface area contributed by atoms with Gasteiger partial charge in [-0.15, -0.1) is 0 Å². The molecular formula is C22H22N2O5S2. The van der Waals surface area contributed by atoms with E-state index < -0.39 is 17.8 Å². The van der Waals surface area contributed by atoms with Crippen LogP contribution in [0.3, 0.4) is 0 Å². The van der Waals surface area contributed by atoms with Crippen LogP contribution >= 0.6 is 23.5 Å². The third kappa shape index (κ3) is 6.86. The lowest BCUT2D eigenvalue weighted by Gasteiger charge is -2.10. The molecule has 162 valence electrons. The molecule has 1 aliphatic heterocycles. The van der Waals surface area contributed by atoms with Gasteiger partial charge in [-0.2, -0.15) is 0 Å². The molecule has 1 heterocycles. The average molecular weight is 459 g/mol. The fraction of sp³-hybridized carbons (Fsp3) is 0.273. The van der Waals surface area contributed by atoms with Gasteiger partial charge >= 0.3 is 11.9 Å². The van der Waals surface area contributed by atoms with Gasteiger partial charge in [-0.25, -0.2) is 9.59 Å². The number of carbonyl (C=O) groups excluding carboxylic acids is 3. The topological polar surface area (TPSA) is 94.1 Å². The average Bonchev–Trinajstić information content (AvgIpc) is 3.33. The van der Waals surface area contributed by atoms with Gasteiger partial charge in [0, 0.05) is 18.1 Å². The smallest absolute Gasteiger partial charge is 0.338 e. The van der Waals surface area contributed by atoms with Gasteiger partial charge in [-0.3, -0.25) is 9.79 Å². The Balaban J connectivity index is 1.47. The van der Waals surface area contributed by atoms with Crippen LogP contribution < -0.4 is 5.32 Å². The van der Waals surface area contributed by atoms with Gasteiger partial charge in [0.1, 0.15) is 4.38 Å². The molecule has 1 aliphatic rings. The Morgan fingerprint density at radius 2 is 1.87 bits per heavy atom. The third-order valence-corrected chi connectivity index (χ3v) is 6.65. The van der Waals surface area contributed by atoms with Crippen LogP contribution in [0, 0.1) is 0 Å². The van der Waals surface area contributed by atoms with Crippen LogP contribution in [0.15, 0.2) is 53.5 Å². The Bertz CT molecular complexity index is 976. The molecule has 9 heteroatoms. The zero-order valence-corrected chi connectivity index (χ0v) is 18.6. The molecule has 0 aromatic heterocycles. The van der Waals surface area contributed by atoms with E-state index in [9.17, 15) is 14.4 Å². The van der Waals surface area contributed by atoms with Gasteiger partial charge in [-0.1, -0.05) is 53.9 Å². The third-order valence-electron chi connectivity index (χ3n) is 4.35. The molecule has 7 nitrogen and oxygen atoms in total. The summed E-state index contributed by atoms with van der Waals surface area (Å²) < 4.78 is 10.9. The van der Waals surface area contributed by atoms with Gasteiger partial charge in [0.05, 0.1) is 24.8 Å². The number of hydrogen-bond donors (Lipinski definition) is 1. The SMILES string of the molecule is COC(=O)c1ccc(CNC(=O)COC(=O)c2ccccc2CSC2=NCCS2)cc1. The molecule has 2 aromatic carbocycles. The molecule has 1 N–H and O–H groups in total. The fourth-order valence-corrected chi connectivity index (χ4v) is 4.74. The van der Waals surface area contributed by atoms with Crippen LogP contribution in [0.5, 0.6) is 0 Å². The lowest BCUT2D eigenvalue weighted by atomic mass is 10.1. The molecule has 0 unspecified atom stereocenters. The normalized spacial score (nSPS) is 12.7. The van der Waals surface area contributed by atoms with E-state index in [1.54, 1.807) is 59.9 Å². The van der Waals surface area contributed by atoms with E-state index >= 15 is 0 Å². The van der Waals surface area contributed by atoms with Crippen molar-refractivity contribution in [2.75, 3.05) is 26.0 Å². The molecule has 0 fully saturated rings. The number of amides is 1. The summed E-state index contributed by atoms with van der Waals surface area (Å²) in [5, 5.41) is 2.69. The van der Waals surface area contributed by atoms with Gasteiger partial charge in [-0.05, 0) is 29.3 Å². The van der Waals surface area contributed by atoms with Gasteiger partial charge in [0.2, 0.25) is 0 Å². The number of hydrogen-bond acceptors (Lipinski definition) is 8. The van der Waals surface area contributed by atoms with E-state index in [0.29, 0.717) is 16.9 Å². The second-order valence-corrected chi connectivity index (χ2v) is 8.79. The summed E-state index contributed by atoms with van der Waals surface area (Å²) in [5.74, 6) is 0.251. The molecule has 0 aliphatic carbocycles. The minimum atomic E-state index is -0.533. The van der Waals surface area contributed by atoms with Crippen molar-refractivity contribution in [2.24, 2.45) is 4.99 Å². The minimum Gasteiger partial charge on any atom is -0.465 e. The summed E-state index contributed by atoms with van der Waals surface area (Å²) in [6, 6.07) is 13.9. The van der Waals surface area contributed by atoms with Crippen LogP contribution in [-0.2, 0) is 26.6 Å². The first kappa shape index (κ1) is 22.9. The van der Waals surface area contributed by atoms with Crippen LogP contribution in [-0.4, -0.2) is 48.2 Å². The minimum absolute atomic E-state index is 0.255. The highest BCUT2D eigenvalue weighted by Gasteiger charge is 2.16. The van der Waals surface area contributed by atoms with Crippen molar-refractivity contribution in [3.63, 3.8) is 0 Å². The molecule has 0 spiro atoms. The van der Waals surface area contributed by atoms with E-state index in [2.05, 4.69) is 15.0 Å². The number of carbonyl (C=O) groups is 3. The van der Waals surface area contributed by atoms with E-state index in [4.69, 9.17) is 4.74 Å². The van der Waals surface area contributed by atoms with Crippen LogP contribution in [0.2, 0.25) is 0 Å². The summed E-state index contributed by atoms with van der Waals surface area (Å²) >= 11 is 3.32. The molecule has 3 rings (SSSR count). The number of benzene rings is 2. The summed E-state index contributed by atoms with van der Waals surface area (Å²) in [7, 11) is 1.32. The molecular weight excluding hydrogens is 436 g/mol. The summed E-state index contributed by atoms with van der Waals surface area (Å²) in [6.07, 6.45) is 0. The van der Waals surface area contributed by atoms with Crippen molar-refractivity contribution in [1.29, 1.82) is 0 Å². The second-order valence-electron chi connectivity index (χ2n) is 6.48. The fourth-order valence-electron chi connectivity index (χ4n) is 2.72. The van der Waals surface area contributed by atoms with Crippen molar-refractivity contribution in [1.82, 2.24) is 5.32 Å². The number of thioether (sulfide) groups is 2. The summed E-state index contributed by atoms with van der Waals surface area (Å²) in [6.45, 7) is 0.717. The number of nitrogens with one attached hydrogen (secondary N) is 1. The molecule has 2 aromatic rings. The first-order chi connectivity index (χ1) is 15.1. The summed E-state index contributed by atoms with van der Waals surface area (Å²) in [4.78, 5) is 40.4. The predicted octanol–water partition coefficient (Wildman–Crippen LogP) is 3.28. The number of esters is 2. The van der Waals surface area contributed by atoms with E-state index in [-0.39, 0.29) is 13.2 Å².